The first-order valence-electron chi connectivity index (χ1n) is 28.2. The summed E-state index contributed by atoms with van der Waals surface area (Å²) in [5, 5.41) is 7.57. The highest BCUT2D eigenvalue weighted by Crippen LogP contribution is 2.44. The first kappa shape index (κ1) is 51.2. The number of anilines is 2. The van der Waals surface area contributed by atoms with Crippen LogP contribution < -0.4 is 30.9 Å². The van der Waals surface area contributed by atoms with Gasteiger partial charge in [0.25, 0.3) is 0 Å². The Balaban J connectivity index is 0.636. The molecule has 3 amide bonds. The molecule has 412 valence electrons. The van der Waals surface area contributed by atoms with Gasteiger partial charge in [-0.05, 0) is 113 Å². The summed E-state index contributed by atoms with van der Waals surface area (Å²) in [7, 11) is 1.73. The van der Waals surface area contributed by atoms with Crippen LogP contribution in [-0.2, 0) is 26.1 Å². The molecule has 7 aliphatic rings. The van der Waals surface area contributed by atoms with Gasteiger partial charge in [0.2, 0.25) is 11.8 Å². The molecule has 7 saturated heterocycles. The van der Waals surface area contributed by atoms with Crippen molar-refractivity contribution in [3.05, 3.63) is 82.4 Å². The van der Waals surface area contributed by atoms with E-state index in [-0.39, 0.29) is 96.4 Å². The highest BCUT2D eigenvalue weighted by atomic mass is 19.1. The number of terminal acetylenes is 1. The molecule has 2 bridgehead atoms. The Hall–Kier alpha value is -7.21. The summed E-state index contributed by atoms with van der Waals surface area (Å²) in [6.07, 6.45) is 16.3. The second kappa shape index (κ2) is 20.8. The maximum Gasteiger partial charge on any atom is 0.409 e. The van der Waals surface area contributed by atoms with Crippen LogP contribution in [0.2, 0.25) is 0 Å². The summed E-state index contributed by atoms with van der Waals surface area (Å²) >= 11 is 0. The van der Waals surface area contributed by atoms with Crippen LogP contribution in [0.1, 0.15) is 88.7 Å². The summed E-state index contributed by atoms with van der Waals surface area (Å²) < 4.78 is 54.9. The minimum atomic E-state index is -0.743. The Labute approximate surface area is 455 Å². The molecule has 0 radical (unpaired) electrons. The van der Waals surface area contributed by atoms with Gasteiger partial charge in [0.05, 0.1) is 45.4 Å². The van der Waals surface area contributed by atoms with Crippen molar-refractivity contribution < 1.29 is 37.4 Å². The Morgan fingerprint density at radius 3 is 2.51 bits per heavy atom. The highest BCUT2D eigenvalue weighted by molar-refractivity contribution is 6.03. The van der Waals surface area contributed by atoms with Crippen molar-refractivity contribution >= 4 is 62.1 Å². The number of para-hydroxylation sites is 1. The summed E-state index contributed by atoms with van der Waals surface area (Å²) in [6, 6.07) is 13.7. The van der Waals surface area contributed by atoms with Crippen LogP contribution in [0.3, 0.4) is 0 Å². The van der Waals surface area contributed by atoms with Gasteiger partial charge in [-0.25, -0.2) is 18.4 Å². The average molecular weight is 1080 g/mol. The molecule has 10 heterocycles. The molecule has 3 aromatic heterocycles. The predicted molar refractivity (Wildman–Crippen MR) is 293 cm³/mol. The van der Waals surface area contributed by atoms with Gasteiger partial charge in [-0.15, -0.1) is 6.42 Å². The van der Waals surface area contributed by atoms with Gasteiger partial charge in [0.15, 0.2) is 5.82 Å². The lowest BCUT2D eigenvalue weighted by Gasteiger charge is -2.38. The van der Waals surface area contributed by atoms with E-state index in [4.69, 9.17) is 30.6 Å². The summed E-state index contributed by atoms with van der Waals surface area (Å²) in [5.41, 5.74) is 2.24. The third-order valence-electron chi connectivity index (χ3n) is 18.3. The molecule has 0 aliphatic carbocycles. The highest BCUT2D eigenvalue weighted by Gasteiger charge is 2.50. The monoisotopic (exact) mass is 1080 g/mol. The maximum absolute atomic E-state index is 17.3. The molecule has 13 rings (SSSR count). The number of nitrogens with one attached hydrogen (secondary N) is 2. The van der Waals surface area contributed by atoms with E-state index >= 15 is 8.78 Å². The summed E-state index contributed by atoms with van der Waals surface area (Å²) in [6.45, 7) is 6.38. The number of aromatic nitrogens is 5. The Morgan fingerprint density at radius 1 is 0.899 bits per heavy atom. The van der Waals surface area contributed by atoms with E-state index < -0.39 is 23.6 Å². The van der Waals surface area contributed by atoms with Gasteiger partial charge in [-0.3, -0.25) is 33.9 Å². The van der Waals surface area contributed by atoms with Gasteiger partial charge < -0.3 is 34.2 Å². The molecule has 2 N–H and O–H groups in total. The Kier molecular flexibility index (Phi) is 13.5. The SMILES string of the molecule is C#Cc1c(F)ccc2cccc(-c3ncc4c(N5CCC6CNC(C6)C5)nc(OC[C@@]56CCCN5[C@H](COC(=O)N5CCC(OC7CCN(c8cccc9c8n(C)c(=O)n9C8CCC(=O)NC8=O)CC7)CC5)CC6)nc4c3F)c12. The van der Waals surface area contributed by atoms with Crippen LogP contribution in [0.15, 0.2) is 59.5 Å². The van der Waals surface area contributed by atoms with E-state index in [0.717, 1.165) is 95.3 Å². The third-order valence-corrected chi connectivity index (χ3v) is 18.3. The van der Waals surface area contributed by atoms with Crippen molar-refractivity contribution in [1.82, 2.24) is 44.5 Å². The topological polar surface area (TPSA) is 182 Å². The predicted octanol–water partition coefficient (Wildman–Crippen LogP) is 6.59. The molecule has 7 fully saturated rings. The zero-order valence-electron chi connectivity index (χ0n) is 44.4. The quantitative estimate of drug-likeness (QED) is 0.105. The number of nitrogens with zero attached hydrogens (tertiary/aromatic N) is 9. The molecule has 20 heteroatoms. The summed E-state index contributed by atoms with van der Waals surface area (Å²) in [5.74, 6) is 1.59. The Bertz CT molecular complexity index is 3510. The molecule has 18 nitrogen and oxygen atoms in total. The number of rotatable bonds is 11. The van der Waals surface area contributed by atoms with E-state index in [9.17, 15) is 19.2 Å². The number of hydrogen-bond donors (Lipinski definition) is 2. The number of carbonyl (C=O) groups excluding carboxylic acids is 3. The van der Waals surface area contributed by atoms with Gasteiger partial charge >= 0.3 is 17.8 Å². The number of likely N-dealkylation sites (tertiary alicyclic amines) is 1. The number of carbonyl (C=O) groups is 3. The van der Waals surface area contributed by atoms with Crippen molar-refractivity contribution in [3.63, 3.8) is 0 Å². The lowest BCUT2D eigenvalue weighted by Crippen LogP contribution is -2.49. The van der Waals surface area contributed by atoms with Crippen molar-refractivity contribution in [3.8, 4) is 29.6 Å². The van der Waals surface area contributed by atoms with Gasteiger partial charge in [-0.1, -0.05) is 36.3 Å². The molecule has 3 unspecified atom stereocenters. The largest absolute Gasteiger partial charge is 0.461 e. The Morgan fingerprint density at radius 2 is 1.70 bits per heavy atom. The number of fused-ring (bicyclic) bond motifs is 6. The van der Waals surface area contributed by atoms with Gasteiger partial charge in [-0.2, -0.15) is 9.97 Å². The van der Waals surface area contributed by atoms with Crippen LogP contribution in [0.5, 0.6) is 6.01 Å². The van der Waals surface area contributed by atoms with E-state index in [1.165, 1.54) is 10.6 Å². The van der Waals surface area contributed by atoms with Crippen molar-refractivity contribution in [2.45, 2.75) is 113 Å². The molecule has 79 heavy (non-hydrogen) atoms. The third kappa shape index (κ3) is 9.30. The molecule has 6 aromatic rings. The lowest BCUT2D eigenvalue weighted by atomic mass is 9.95. The first-order chi connectivity index (χ1) is 38.4. The smallest absolute Gasteiger partial charge is 0.409 e. The fraction of sp³-hybridized carbons (Fsp3) is 0.508. The number of pyridine rings is 1. The number of imide groups is 1. The van der Waals surface area contributed by atoms with Crippen LogP contribution in [-0.4, -0.2) is 147 Å². The first-order valence-corrected chi connectivity index (χ1v) is 28.2. The number of aryl methyl sites for hydroxylation is 1. The van der Waals surface area contributed by atoms with Crippen molar-refractivity contribution in [2.75, 3.05) is 75.4 Å². The molecule has 3 aromatic carbocycles. The minimum absolute atomic E-state index is 0.0120. The lowest BCUT2D eigenvalue weighted by molar-refractivity contribution is -0.135. The van der Waals surface area contributed by atoms with Crippen LogP contribution in [0.4, 0.5) is 25.1 Å². The number of halogens is 2. The summed E-state index contributed by atoms with van der Waals surface area (Å²) in [4.78, 5) is 75.0. The second-order valence-corrected chi connectivity index (χ2v) is 22.8. The van der Waals surface area contributed by atoms with E-state index in [1.54, 1.807) is 40.9 Å². The molecular formula is C59H65F2N11O7. The van der Waals surface area contributed by atoms with Gasteiger partial charge in [0, 0.05) is 82.0 Å². The number of amides is 3. The fourth-order valence-corrected chi connectivity index (χ4v) is 14.2. The number of piperidine rings is 3. The average Bonchev–Trinajstić information content (AvgIpc) is 4.43. The van der Waals surface area contributed by atoms with Crippen molar-refractivity contribution in [2.24, 2.45) is 13.0 Å². The molecule has 5 atom stereocenters. The molecule has 0 saturated carbocycles. The second-order valence-electron chi connectivity index (χ2n) is 22.8. The zero-order valence-corrected chi connectivity index (χ0v) is 44.4. The van der Waals surface area contributed by atoms with Crippen LogP contribution in [0.25, 0.3) is 44.0 Å². The van der Waals surface area contributed by atoms with E-state index in [0.29, 0.717) is 71.5 Å². The van der Waals surface area contributed by atoms with E-state index in [1.807, 2.05) is 24.3 Å². The van der Waals surface area contributed by atoms with Crippen molar-refractivity contribution in [1.29, 1.82) is 0 Å². The molecular weight excluding hydrogens is 1010 g/mol. The normalized spacial score (nSPS) is 25.1. The molecule has 0 spiro atoms. The van der Waals surface area contributed by atoms with Crippen LogP contribution in [0, 0.1) is 29.9 Å². The van der Waals surface area contributed by atoms with E-state index in [2.05, 4.69) is 36.2 Å². The number of imidazole rings is 1. The van der Waals surface area contributed by atoms with Crippen LogP contribution >= 0.6 is 0 Å². The minimum Gasteiger partial charge on any atom is -0.461 e. The fourth-order valence-electron chi connectivity index (χ4n) is 14.2. The maximum atomic E-state index is 17.3. The molecule has 7 aliphatic heterocycles. The zero-order chi connectivity index (χ0) is 54.1. The number of benzene rings is 3. The van der Waals surface area contributed by atoms with Gasteiger partial charge in [0.1, 0.15) is 42.1 Å². The number of ether oxygens (including phenoxy) is 3. The number of hydrogen-bond acceptors (Lipinski definition) is 14. The standard InChI is InChI=1S/C59H65F2N11O7/c1-3-41-44(60)12-11-36-7-4-8-42(49(36)41)51-50(61)52-43(31-63-51)54(70-24-16-35-29-37(32-70)62-30-35)66-56(65-52)78-34-59-21-6-23-71(59)38(15-22-59)33-77-58(76)69-27-19-40(20-28-69)79-39-17-25-68(26-18-39)45-9-5-10-46-53(45)67(2)57(75)72(46)47-13-14-48(73)64-55(47)74/h1,4-5,7-12,31,35,37-40,47,62H,6,13-30,32-34H2,2H3,(H,64,73,74)/t35?,37?,38-,47?,59-/m0/s1.